The minimum atomic E-state index is -0.579. The molecule has 0 heterocycles. The third-order valence-corrected chi connectivity index (χ3v) is 12.7. The van der Waals surface area contributed by atoms with Crippen LogP contribution in [0.1, 0.15) is 47.6 Å². The summed E-state index contributed by atoms with van der Waals surface area (Å²) in [6.07, 6.45) is 12.1. The summed E-state index contributed by atoms with van der Waals surface area (Å²) in [5, 5.41) is 0. The van der Waals surface area contributed by atoms with Crippen LogP contribution in [0, 0.1) is 12.3 Å². The number of allylic oxidation sites excluding steroid dienone is 3. The predicted molar refractivity (Wildman–Crippen MR) is 261 cm³/mol. The number of para-hydroxylation sites is 2. The summed E-state index contributed by atoms with van der Waals surface area (Å²) < 4.78 is 0. The van der Waals surface area contributed by atoms with E-state index in [1.54, 1.807) is 0 Å². The lowest BCUT2D eigenvalue weighted by Gasteiger charge is -2.27. The summed E-state index contributed by atoms with van der Waals surface area (Å²) in [6.45, 7) is 5.06. The van der Waals surface area contributed by atoms with Gasteiger partial charge in [0.05, 0.1) is 5.54 Å². The molecule has 2 aliphatic rings. The van der Waals surface area contributed by atoms with Crippen molar-refractivity contribution < 1.29 is 0 Å². The van der Waals surface area contributed by atoms with Crippen LogP contribution in [0.2, 0.25) is 0 Å². The van der Waals surface area contributed by atoms with Crippen molar-refractivity contribution in [3.8, 4) is 45.7 Å². The molecule has 2 unspecified atom stereocenters. The Morgan fingerprint density at radius 1 is 0.565 bits per heavy atom. The lowest BCUT2D eigenvalue weighted by atomic mass is 9.90. The number of anilines is 5. The normalized spacial score (nSPS) is 16.0. The van der Waals surface area contributed by atoms with Crippen molar-refractivity contribution >= 4 is 34.0 Å². The minimum Gasteiger partial charge on any atom is -0.338 e. The van der Waals surface area contributed by atoms with Crippen molar-refractivity contribution in [3.05, 3.63) is 240 Å². The van der Waals surface area contributed by atoms with Gasteiger partial charge in [-0.3, -0.25) is 0 Å². The number of nitrogens with two attached hydrogens (primary N) is 1. The Hall–Kier alpha value is -7.64. The minimum absolute atomic E-state index is 0.339. The summed E-state index contributed by atoms with van der Waals surface area (Å²) in [7, 11) is 0. The zero-order valence-corrected chi connectivity index (χ0v) is 35.0. The van der Waals surface area contributed by atoms with Crippen LogP contribution in [0.15, 0.2) is 212 Å². The van der Waals surface area contributed by atoms with Gasteiger partial charge in [-0.1, -0.05) is 152 Å². The molecule has 298 valence electrons. The largest absolute Gasteiger partial charge is 0.338 e. The highest BCUT2D eigenvalue weighted by Crippen LogP contribution is 2.49. The molecule has 62 heavy (non-hydrogen) atoms. The van der Waals surface area contributed by atoms with Gasteiger partial charge in [-0.05, 0) is 147 Å². The van der Waals surface area contributed by atoms with Gasteiger partial charge < -0.3 is 15.5 Å². The van der Waals surface area contributed by atoms with E-state index < -0.39 is 5.54 Å². The molecular formula is C59H47N3. The molecule has 0 spiro atoms. The van der Waals surface area contributed by atoms with Crippen LogP contribution in [-0.2, 0) is 5.54 Å². The highest BCUT2D eigenvalue weighted by molar-refractivity contribution is 5.86. The molecule has 0 bridgehead atoms. The smallest absolute Gasteiger partial charge is 0.0649 e. The number of nitrogens with zero attached hydrogens (tertiary/aromatic N) is 2. The van der Waals surface area contributed by atoms with Gasteiger partial charge in [0.2, 0.25) is 0 Å². The molecule has 3 nitrogen and oxygen atoms in total. The van der Waals surface area contributed by atoms with Crippen molar-refractivity contribution in [2.24, 2.45) is 5.73 Å². The lowest BCUT2D eigenvalue weighted by Crippen LogP contribution is -2.32. The van der Waals surface area contributed by atoms with E-state index in [2.05, 4.69) is 236 Å². The van der Waals surface area contributed by atoms with Gasteiger partial charge in [-0.2, -0.15) is 0 Å². The number of benzene rings is 8. The molecule has 3 heteroatoms. The molecule has 0 saturated heterocycles. The zero-order valence-electron chi connectivity index (χ0n) is 35.0. The predicted octanol–water partition coefficient (Wildman–Crippen LogP) is 14.6. The number of hydrogen-bond acceptors (Lipinski definition) is 3. The first-order valence-corrected chi connectivity index (χ1v) is 21.4. The Labute approximate surface area is 365 Å². The van der Waals surface area contributed by atoms with Gasteiger partial charge >= 0.3 is 0 Å². The van der Waals surface area contributed by atoms with Crippen LogP contribution in [-0.4, -0.2) is 6.54 Å². The van der Waals surface area contributed by atoms with Crippen LogP contribution in [0.3, 0.4) is 0 Å². The summed E-state index contributed by atoms with van der Waals surface area (Å²) >= 11 is 0. The fourth-order valence-corrected chi connectivity index (χ4v) is 9.54. The number of fused-ring (bicyclic) bond motifs is 6. The molecular weight excluding hydrogens is 751 g/mol. The molecule has 0 saturated carbocycles. The number of rotatable bonds is 10. The van der Waals surface area contributed by atoms with Crippen molar-refractivity contribution in [1.82, 2.24) is 0 Å². The van der Waals surface area contributed by atoms with Crippen molar-refractivity contribution in [1.29, 1.82) is 0 Å². The molecule has 8 aromatic rings. The van der Waals surface area contributed by atoms with Crippen LogP contribution in [0.4, 0.5) is 28.4 Å². The standard InChI is InChI=1S/C59H47N3/c1-4-17-42(20-16-37-61(46-21-7-5-8-22-46)49-33-36-55-54-27-13-14-28-57(54)59(3,60)58(55)40-49)44-18-15-19-45(38-44)43-29-31-48(32-30-43)62(47-23-9-6-10-24-47)50-34-35-53-52-26-12-11-25-51(52)41(2)56(53)39-50/h1,5-36,38-41H,37,60H2,2-3H3/b20-16-,42-17+. The van der Waals surface area contributed by atoms with E-state index in [-0.39, 0.29) is 0 Å². The van der Waals surface area contributed by atoms with Gasteiger partial charge in [-0.15, -0.1) is 6.42 Å². The first-order chi connectivity index (χ1) is 30.4. The third kappa shape index (κ3) is 6.91. The summed E-state index contributed by atoms with van der Waals surface area (Å²) in [5.41, 5.74) is 26.4. The van der Waals surface area contributed by atoms with E-state index in [9.17, 15) is 0 Å². The first-order valence-electron chi connectivity index (χ1n) is 21.4. The Morgan fingerprint density at radius 3 is 1.95 bits per heavy atom. The maximum absolute atomic E-state index is 7.04. The van der Waals surface area contributed by atoms with Gasteiger partial charge in [0, 0.05) is 40.9 Å². The molecule has 10 rings (SSSR count). The second kappa shape index (κ2) is 16.1. The molecule has 0 fully saturated rings. The Morgan fingerprint density at radius 2 is 1.18 bits per heavy atom. The highest BCUT2D eigenvalue weighted by Gasteiger charge is 2.36. The summed E-state index contributed by atoms with van der Waals surface area (Å²) in [4.78, 5) is 4.67. The second-order valence-corrected chi connectivity index (χ2v) is 16.5. The van der Waals surface area contributed by atoms with E-state index >= 15 is 0 Å². The molecule has 2 atom stereocenters. The Kier molecular flexibility index (Phi) is 10.0. The first kappa shape index (κ1) is 38.6. The van der Waals surface area contributed by atoms with Crippen LogP contribution < -0.4 is 15.5 Å². The molecule has 8 aromatic carbocycles. The average molecular weight is 798 g/mol. The average Bonchev–Trinajstić information content (AvgIpc) is 3.73. The summed E-state index contributed by atoms with van der Waals surface area (Å²) in [5.74, 6) is 3.14. The second-order valence-electron chi connectivity index (χ2n) is 16.5. The Balaban J connectivity index is 0.923. The van der Waals surface area contributed by atoms with Gasteiger partial charge in [0.1, 0.15) is 0 Å². The van der Waals surface area contributed by atoms with Crippen LogP contribution in [0.25, 0.3) is 39.0 Å². The Bertz CT molecular complexity index is 3040. The van der Waals surface area contributed by atoms with E-state index in [4.69, 9.17) is 12.2 Å². The van der Waals surface area contributed by atoms with E-state index in [1.165, 1.54) is 33.4 Å². The molecule has 2 aliphatic carbocycles. The molecule has 2 N–H and O–H groups in total. The van der Waals surface area contributed by atoms with Crippen molar-refractivity contribution in [3.63, 3.8) is 0 Å². The number of hydrogen-bond donors (Lipinski definition) is 1. The SMILES string of the molecule is C#C/C=C(\C=C/CN(c1ccccc1)c1ccc2c(c1)C(C)(N)c1ccccc1-2)c1cccc(-c2ccc(N(c3ccccc3)c3ccc4c(c3)C(C)c3ccccc3-4)cc2)c1. The molecule has 0 aliphatic heterocycles. The maximum Gasteiger partial charge on any atom is 0.0649 e. The van der Waals surface area contributed by atoms with Crippen molar-refractivity contribution in [2.75, 3.05) is 16.3 Å². The van der Waals surface area contributed by atoms with E-state index in [0.29, 0.717) is 12.5 Å². The fraction of sp³-hybridized carbons (Fsp3) is 0.0847. The third-order valence-electron chi connectivity index (χ3n) is 12.7. The lowest BCUT2D eigenvalue weighted by molar-refractivity contribution is 0.621. The number of terminal acetylenes is 1. The van der Waals surface area contributed by atoms with Gasteiger partial charge in [0.25, 0.3) is 0 Å². The van der Waals surface area contributed by atoms with Crippen molar-refractivity contribution in [2.45, 2.75) is 25.3 Å². The van der Waals surface area contributed by atoms with Gasteiger partial charge in [-0.25, -0.2) is 0 Å². The van der Waals surface area contributed by atoms with Crippen LogP contribution >= 0.6 is 0 Å². The molecule has 0 amide bonds. The molecule has 0 radical (unpaired) electrons. The molecule has 0 aromatic heterocycles. The van der Waals surface area contributed by atoms with E-state index in [1.807, 2.05) is 6.08 Å². The zero-order chi connectivity index (χ0) is 42.2. The monoisotopic (exact) mass is 797 g/mol. The highest BCUT2D eigenvalue weighted by atomic mass is 15.1. The van der Waals surface area contributed by atoms with E-state index in [0.717, 1.165) is 61.8 Å². The quantitative estimate of drug-likeness (QED) is 0.110. The van der Waals surface area contributed by atoms with Crippen LogP contribution in [0.5, 0.6) is 0 Å². The van der Waals surface area contributed by atoms with Gasteiger partial charge in [0.15, 0.2) is 0 Å². The fourth-order valence-electron chi connectivity index (χ4n) is 9.54. The summed E-state index contributed by atoms with van der Waals surface area (Å²) in [6, 6.07) is 69.5. The topological polar surface area (TPSA) is 32.5 Å². The maximum atomic E-state index is 7.04.